The second kappa shape index (κ2) is 8.06. The number of hydrazine groups is 1. The molecule has 1 fully saturated rings. The van der Waals surface area contributed by atoms with Crippen LogP contribution < -0.4 is 0 Å². The molecule has 0 bridgehead atoms. The number of fused-ring (bicyclic) bond motifs is 3. The fraction of sp³-hybridized carbons (Fsp3) is 0.385. The highest BCUT2D eigenvalue weighted by molar-refractivity contribution is 6.03. The van der Waals surface area contributed by atoms with Crippen molar-refractivity contribution in [1.29, 1.82) is 0 Å². The van der Waals surface area contributed by atoms with Gasteiger partial charge in [0.2, 0.25) is 0 Å². The summed E-state index contributed by atoms with van der Waals surface area (Å²) in [6.45, 7) is 2.65. The third-order valence-electron chi connectivity index (χ3n) is 6.81. The summed E-state index contributed by atoms with van der Waals surface area (Å²) in [7, 11) is 1.96. The number of aliphatic hydroxyl groups is 1. The average molecular weight is 416 g/mol. The minimum absolute atomic E-state index is 0.00346. The Labute approximate surface area is 183 Å². The Hall–Kier alpha value is -2.76. The van der Waals surface area contributed by atoms with E-state index in [0.717, 1.165) is 65.4 Å². The molecule has 5 nitrogen and oxygen atoms in total. The lowest BCUT2D eigenvalue weighted by atomic mass is 9.88. The van der Waals surface area contributed by atoms with Crippen molar-refractivity contribution < 1.29 is 9.90 Å². The van der Waals surface area contributed by atoms with E-state index in [1.54, 1.807) is 0 Å². The minimum atomic E-state index is -0.458. The third-order valence-corrected chi connectivity index (χ3v) is 6.81. The Bertz CT molecular complexity index is 1130. The standard InChI is InChI=1S/C26H29N3O2/c1-17-11-12-18(15-27-17)13-19-14-22-23(21-8-4-3-7-20(19)21)16-28(2)29(26(22)31)24-9-5-6-10-25(24)30/h3-4,7-8,11-12,14-15,24-25,30H,5-6,9-10,13,16H2,1-2H3/t24-,25-/m0/s1. The number of amides is 1. The van der Waals surface area contributed by atoms with Crippen molar-refractivity contribution in [2.45, 2.75) is 57.7 Å². The summed E-state index contributed by atoms with van der Waals surface area (Å²) >= 11 is 0. The molecule has 5 heteroatoms. The summed E-state index contributed by atoms with van der Waals surface area (Å²) in [6, 6.07) is 14.4. The van der Waals surface area contributed by atoms with Crippen LogP contribution in [-0.4, -0.2) is 45.2 Å². The zero-order chi connectivity index (χ0) is 21.5. The number of hydrogen-bond donors (Lipinski definition) is 1. The van der Waals surface area contributed by atoms with Gasteiger partial charge in [-0.05, 0) is 65.8 Å². The maximum absolute atomic E-state index is 13.7. The van der Waals surface area contributed by atoms with Crippen molar-refractivity contribution in [3.05, 3.63) is 76.6 Å². The van der Waals surface area contributed by atoms with Gasteiger partial charge >= 0.3 is 0 Å². The molecule has 2 aliphatic rings. The fourth-order valence-electron chi connectivity index (χ4n) is 5.21. The number of aryl methyl sites for hydroxylation is 1. The zero-order valence-electron chi connectivity index (χ0n) is 18.2. The van der Waals surface area contributed by atoms with Gasteiger partial charge in [0.05, 0.1) is 12.1 Å². The Morgan fingerprint density at radius 3 is 2.61 bits per heavy atom. The molecule has 0 saturated heterocycles. The van der Waals surface area contributed by atoms with E-state index >= 15 is 0 Å². The number of aromatic nitrogens is 1. The van der Waals surface area contributed by atoms with Crippen LogP contribution in [0.5, 0.6) is 0 Å². The van der Waals surface area contributed by atoms with Crippen LogP contribution in [-0.2, 0) is 13.0 Å². The van der Waals surface area contributed by atoms with Crippen LogP contribution in [0.4, 0.5) is 0 Å². The van der Waals surface area contributed by atoms with Gasteiger partial charge in [-0.25, -0.2) is 5.01 Å². The minimum Gasteiger partial charge on any atom is -0.391 e. The van der Waals surface area contributed by atoms with Crippen molar-refractivity contribution in [1.82, 2.24) is 15.0 Å². The monoisotopic (exact) mass is 415 g/mol. The molecular weight excluding hydrogens is 386 g/mol. The molecular formula is C26H29N3O2. The van der Waals surface area contributed by atoms with Gasteiger partial charge in [-0.3, -0.25) is 14.8 Å². The first-order chi connectivity index (χ1) is 15.0. The van der Waals surface area contributed by atoms with Crippen LogP contribution in [0.1, 0.15) is 58.4 Å². The Balaban J connectivity index is 1.60. The topological polar surface area (TPSA) is 56.7 Å². The summed E-state index contributed by atoms with van der Waals surface area (Å²) in [5.74, 6) is 0.00346. The Morgan fingerprint density at radius 1 is 1.10 bits per heavy atom. The van der Waals surface area contributed by atoms with E-state index in [1.807, 2.05) is 42.3 Å². The molecule has 1 amide bonds. The highest BCUT2D eigenvalue weighted by atomic mass is 16.3. The Kier molecular flexibility index (Phi) is 5.24. The molecule has 0 radical (unpaired) electrons. The zero-order valence-corrected chi connectivity index (χ0v) is 18.2. The molecule has 2 atom stereocenters. The number of pyridine rings is 1. The SMILES string of the molecule is Cc1ccc(Cc2cc3c(c4ccccc24)CN(C)N([C@H]2CCCC[C@@H]2O)C3=O)cn1. The first kappa shape index (κ1) is 20.2. The summed E-state index contributed by atoms with van der Waals surface area (Å²) in [5.41, 5.74) is 5.12. The molecule has 1 aliphatic carbocycles. The maximum atomic E-state index is 13.7. The van der Waals surface area contributed by atoms with Crippen molar-refractivity contribution in [3.63, 3.8) is 0 Å². The van der Waals surface area contributed by atoms with Crippen molar-refractivity contribution in [2.75, 3.05) is 7.05 Å². The van der Waals surface area contributed by atoms with E-state index in [9.17, 15) is 9.90 Å². The van der Waals surface area contributed by atoms with Gasteiger partial charge in [-0.15, -0.1) is 0 Å². The van der Waals surface area contributed by atoms with Gasteiger partial charge in [0, 0.05) is 31.0 Å². The largest absolute Gasteiger partial charge is 0.391 e. The lowest BCUT2D eigenvalue weighted by Gasteiger charge is -2.45. The first-order valence-electron chi connectivity index (χ1n) is 11.2. The Morgan fingerprint density at radius 2 is 1.87 bits per heavy atom. The molecule has 2 aromatic carbocycles. The van der Waals surface area contributed by atoms with E-state index in [-0.39, 0.29) is 11.9 Å². The maximum Gasteiger partial charge on any atom is 0.268 e. The van der Waals surface area contributed by atoms with Crippen LogP contribution >= 0.6 is 0 Å². The van der Waals surface area contributed by atoms with Gasteiger partial charge in [-0.1, -0.05) is 43.2 Å². The molecule has 2 heterocycles. The van der Waals surface area contributed by atoms with Crippen LogP contribution in [0, 0.1) is 6.92 Å². The van der Waals surface area contributed by atoms with Crippen molar-refractivity contribution in [2.24, 2.45) is 0 Å². The lowest BCUT2D eigenvalue weighted by Crippen LogP contribution is -2.57. The van der Waals surface area contributed by atoms with Gasteiger partial charge in [-0.2, -0.15) is 0 Å². The molecule has 1 N–H and O–H groups in total. The molecule has 5 rings (SSSR count). The predicted octanol–water partition coefficient (Wildman–Crippen LogP) is 4.24. The number of carbonyl (C=O) groups is 1. The van der Waals surface area contributed by atoms with Gasteiger partial charge < -0.3 is 5.11 Å². The van der Waals surface area contributed by atoms with E-state index < -0.39 is 6.10 Å². The quantitative estimate of drug-likeness (QED) is 0.695. The molecule has 31 heavy (non-hydrogen) atoms. The van der Waals surface area contributed by atoms with E-state index in [2.05, 4.69) is 35.3 Å². The lowest BCUT2D eigenvalue weighted by molar-refractivity contribution is -0.0782. The second-order valence-electron chi connectivity index (χ2n) is 8.98. The van der Waals surface area contributed by atoms with Gasteiger partial charge in [0.15, 0.2) is 0 Å². The molecule has 1 aliphatic heterocycles. The number of carbonyl (C=O) groups excluding carboxylic acids is 1. The number of rotatable bonds is 3. The highest BCUT2D eigenvalue weighted by Gasteiger charge is 2.39. The van der Waals surface area contributed by atoms with E-state index in [4.69, 9.17) is 0 Å². The number of hydrogen-bond acceptors (Lipinski definition) is 4. The first-order valence-corrected chi connectivity index (χ1v) is 11.2. The second-order valence-corrected chi connectivity index (χ2v) is 8.98. The molecule has 1 saturated carbocycles. The highest BCUT2D eigenvalue weighted by Crippen LogP contribution is 2.35. The van der Waals surface area contributed by atoms with Crippen LogP contribution in [0.25, 0.3) is 10.8 Å². The van der Waals surface area contributed by atoms with Crippen LogP contribution in [0.15, 0.2) is 48.7 Å². The van der Waals surface area contributed by atoms with Gasteiger partial charge in [0.1, 0.15) is 0 Å². The molecule has 3 aromatic rings. The van der Waals surface area contributed by atoms with E-state index in [0.29, 0.717) is 6.54 Å². The molecule has 160 valence electrons. The van der Waals surface area contributed by atoms with Crippen molar-refractivity contribution >= 4 is 16.7 Å². The fourth-order valence-corrected chi connectivity index (χ4v) is 5.21. The smallest absolute Gasteiger partial charge is 0.268 e. The van der Waals surface area contributed by atoms with Crippen LogP contribution in [0.3, 0.4) is 0 Å². The summed E-state index contributed by atoms with van der Waals surface area (Å²) in [4.78, 5) is 18.2. The van der Waals surface area contributed by atoms with Crippen LogP contribution in [0.2, 0.25) is 0 Å². The van der Waals surface area contributed by atoms with Gasteiger partial charge in [0.25, 0.3) is 5.91 Å². The predicted molar refractivity (Wildman–Crippen MR) is 122 cm³/mol. The third kappa shape index (κ3) is 3.62. The van der Waals surface area contributed by atoms with E-state index in [1.165, 1.54) is 5.39 Å². The summed E-state index contributed by atoms with van der Waals surface area (Å²) < 4.78 is 0. The van der Waals surface area contributed by atoms with Crippen molar-refractivity contribution in [3.8, 4) is 0 Å². The summed E-state index contributed by atoms with van der Waals surface area (Å²) in [6.07, 6.45) is 5.88. The number of nitrogens with zero attached hydrogens (tertiary/aromatic N) is 3. The number of benzene rings is 2. The molecule has 1 aromatic heterocycles. The normalized spacial score (nSPS) is 22.0. The molecule has 0 spiro atoms. The summed E-state index contributed by atoms with van der Waals surface area (Å²) in [5, 5.41) is 16.8. The molecule has 0 unspecified atom stereocenters. The average Bonchev–Trinajstić information content (AvgIpc) is 2.77. The number of aliphatic hydroxyl groups excluding tert-OH is 1.